The van der Waals surface area contributed by atoms with Gasteiger partial charge < -0.3 is 14.9 Å². The highest BCUT2D eigenvalue weighted by Crippen LogP contribution is 2.28. The van der Waals surface area contributed by atoms with Gasteiger partial charge in [0, 0.05) is 13.0 Å². The Labute approximate surface area is 82.5 Å². The maximum atomic E-state index is 8.72. The van der Waals surface area contributed by atoms with Crippen molar-refractivity contribution in [3.05, 3.63) is 11.7 Å². The lowest BCUT2D eigenvalue weighted by Crippen LogP contribution is -2.25. The van der Waals surface area contributed by atoms with E-state index in [2.05, 4.69) is 22.4 Å². The number of nitrogens with zero attached hydrogens (tertiary/aromatic N) is 2. The molecule has 1 fully saturated rings. The van der Waals surface area contributed by atoms with Crippen molar-refractivity contribution in [1.29, 1.82) is 0 Å². The third-order valence-electron chi connectivity index (χ3n) is 2.69. The molecular weight excluding hydrogens is 182 g/mol. The minimum absolute atomic E-state index is 0.0271. The molecule has 14 heavy (non-hydrogen) atoms. The van der Waals surface area contributed by atoms with Crippen LogP contribution in [0.3, 0.4) is 0 Å². The van der Waals surface area contributed by atoms with Gasteiger partial charge in [-0.25, -0.2) is 0 Å². The predicted molar refractivity (Wildman–Crippen MR) is 49.9 cm³/mol. The highest BCUT2D eigenvalue weighted by atomic mass is 16.5. The fraction of sp³-hybridized carbons (Fsp3) is 0.778. The summed E-state index contributed by atoms with van der Waals surface area (Å²) in [4.78, 5) is 4.28. The zero-order valence-corrected chi connectivity index (χ0v) is 8.29. The molecule has 5 nitrogen and oxygen atoms in total. The summed E-state index contributed by atoms with van der Waals surface area (Å²) >= 11 is 0. The molecule has 2 heterocycles. The third kappa shape index (κ3) is 1.65. The first-order valence-electron chi connectivity index (χ1n) is 4.89. The van der Waals surface area contributed by atoms with Crippen LogP contribution < -0.4 is 5.32 Å². The van der Waals surface area contributed by atoms with Gasteiger partial charge in [-0.2, -0.15) is 4.98 Å². The van der Waals surface area contributed by atoms with Crippen molar-refractivity contribution in [3.63, 3.8) is 0 Å². The second-order valence-corrected chi connectivity index (χ2v) is 3.98. The fourth-order valence-electron chi connectivity index (χ4n) is 1.70. The first-order chi connectivity index (χ1) is 6.74. The van der Waals surface area contributed by atoms with Crippen LogP contribution in [0.4, 0.5) is 0 Å². The van der Waals surface area contributed by atoms with Crippen LogP contribution in [0.25, 0.3) is 0 Å². The molecule has 0 aliphatic carbocycles. The van der Waals surface area contributed by atoms with Crippen LogP contribution >= 0.6 is 0 Å². The lowest BCUT2D eigenvalue weighted by atomic mass is 9.90. The van der Waals surface area contributed by atoms with Crippen molar-refractivity contribution in [3.8, 4) is 0 Å². The molecule has 1 atom stereocenters. The zero-order chi connectivity index (χ0) is 10.0. The molecule has 78 valence electrons. The normalized spacial score (nSPS) is 27.0. The van der Waals surface area contributed by atoms with Crippen molar-refractivity contribution >= 4 is 0 Å². The molecule has 1 saturated heterocycles. The Morgan fingerprint density at radius 2 is 2.50 bits per heavy atom. The van der Waals surface area contributed by atoms with Gasteiger partial charge >= 0.3 is 0 Å². The molecule has 1 aliphatic heterocycles. The number of hydrogen-bond acceptors (Lipinski definition) is 5. The summed E-state index contributed by atoms with van der Waals surface area (Å²) in [5, 5.41) is 15.8. The average Bonchev–Trinajstić information content (AvgIpc) is 2.75. The van der Waals surface area contributed by atoms with Gasteiger partial charge in [0.1, 0.15) is 0 Å². The number of nitrogens with one attached hydrogen (secondary N) is 1. The summed E-state index contributed by atoms with van der Waals surface area (Å²) in [6, 6.07) is 0. The highest BCUT2D eigenvalue weighted by molar-refractivity contribution is 5.07. The Balaban J connectivity index is 2.15. The van der Waals surface area contributed by atoms with Gasteiger partial charge in [-0.1, -0.05) is 5.16 Å². The summed E-state index contributed by atoms with van der Waals surface area (Å²) in [7, 11) is 0. The number of aromatic nitrogens is 2. The molecular formula is C9H15N3O2. The molecule has 1 aromatic heterocycles. The summed E-state index contributed by atoms with van der Waals surface area (Å²) < 4.78 is 5.19. The number of hydrogen-bond donors (Lipinski definition) is 2. The monoisotopic (exact) mass is 197 g/mol. The SMILES string of the molecule is CC1(c2nc(CCO)no2)CCNC1. The van der Waals surface area contributed by atoms with Crippen molar-refractivity contribution < 1.29 is 9.63 Å². The Bertz CT molecular complexity index is 305. The van der Waals surface area contributed by atoms with E-state index in [9.17, 15) is 0 Å². The maximum Gasteiger partial charge on any atom is 0.233 e. The molecule has 0 spiro atoms. The molecule has 1 aromatic rings. The zero-order valence-electron chi connectivity index (χ0n) is 8.29. The first-order valence-corrected chi connectivity index (χ1v) is 4.89. The van der Waals surface area contributed by atoms with Gasteiger partial charge in [0.25, 0.3) is 0 Å². The molecule has 0 saturated carbocycles. The molecule has 0 aromatic carbocycles. The first kappa shape index (κ1) is 9.61. The predicted octanol–water partition coefficient (Wildman–Crippen LogP) is -0.145. The van der Waals surface area contributed by atoms with Crippen LogP contribution in [0.15, 0.2) is 4.52 Å². The van der Waals surface area contributed by atoms with E-state index in [1.165, 1.54) is 0 Å². The van der Waals surface area contributed by atoms with Gasteiger partial charge in [0.2, 0.25) is 5.89 Å². The van der Waals surface area contributed by atoms with E-state index >= 15 is 0 Å². The molecule has 2 rings (SSSR count). The molecule has 0 radical (unpaired) electrons. The fourth-order valence-corrected chi connectivity index (χ4v) is 1.70. The van der Waals surface area contributed by atoms with Gasteiger partial charge in [-0.05, 0) is 19.9 Å². The van der Waals surface area contributed by atoms with Crippen molar-refractivity contribution in [2.75, 3.05) is 19.7 Å². The van der Waals surface area contributed by atoms with Crippen molar-refractivity contribution in [1.82, 2.24) is 15.5 Å². The molecule has 5 heteroatoms. The summed E-state index contributed by atoms with van der Waals surface area (Å²) in [5.41, 5.74) is -0.0271. The summed E-state index contributed by atoms with van der Waals surface area (Å²) in [5.74, 6) is 1.28. The quantitative estimate of drug-likeness (QED) is 0.705. The van der Waals surface area contributed by atoms with Crippen molar-refractivity contribution in [2.45, 2.75) is 25.2 Å². The second-order valence-electron chi connectivity index (χ2n) is 3.98. The topological polar surface area (TPSA) is 71.2 Å². The van der Waals surface area contributed by atoms with E-state index in [1.54, 1.807) is 0 Å². The number of rotatable bonds is 3. The van der Waals surface area contributed by atoms with Gasteiger partial charge in [0.05, 0.1) is 12.0 Å². The Morgan fingerprint density at radius 3 is 3.14 bits per heavy atom. The third-order valence-corrected chi connectivity index (χ3v) is 2.69. The number of aliphatic hydroxyl groups excluding tert-OH is 1. The second kappa shape index (κ2) is 3.67. The van der Waals surface area contributed by atoms with Crippen molar-refractivity contribution in [2.24, 2.45) is 0 Å². The molecule has 0 amide bonds. The van der Waals surface area contributed by atoms with E-state index in [0.29, 0.717) is 18.1 Å². The van der Waals surface area contributed by atoms with Crippen LogP contribution in [0, 0.1) is 0 Å². The van der Waals surface area contributed by atoms with Gasteiger partial charge in [-0.15, -0.1) is 0 Å². The van der Waals surface area contributed by atoms with Gasteiger partial charge in [0.15, 0.2) is 5.82 Å². The van der Waals surface area contributed by atoms with E-state index < -0.39 is 0 Å². The highest BCUT2D eigenvalue weighted by Gasteiger charge is 2.35. The van der Waals surface area contributed by atoms with E-state index in [-0.39, 0.29) is 12.0 Å². The summed E-state index contributed by atoms with van der Waals surface area (Å²) in [6.07, 6.45) is 1.49. The lowest BCUT2D eigenvalue weighted by molar-refractivity contribution is 0.287. The Kier molecular flexibility index (Phi) is 2.52. The molecule has 1 unspecified atom stereocenters. The largest absolute Gasteiger partial charge is 0.396 e. The maximum absolute atomic E-state index is 8.72. The van der Waals surface area contributed by atoms with E-state index in [1.807, 2.05) is 0 Å². The molecule has 2 N–H and O–H groups in total. The Morgan fingerprint density at radius 1 is 1.64 bits per heavy atom. The van der Waals surface area contributed by atoms with E-state index in [4.69, 9.17) is 9.63 Å². The average molecular weight is 197 g/mol. The van der Waals surface area contributed by atoms with Crippen LogP contribution in [0.2, 0.25) is 0 Å². The smallest absolute Gasteiger partial charge is 0.233 e. The lowest BCUT2D eigenvalue weighted by Gasteiger charge is -2.15. The Hall–Kier alpha value is -0.940. The van der Waals surface area contributed by atoms with Crippen LogP contribution in [-0.4, -0.2) is 34.9 Å². The minimum Gasteiger partial charge on any atom is -0.396 e. The summed E-state index contributed by atoms with van der Waals surface area (Å²) in [6.45, 7) is 4.05. The van der Waals surface area contributed by atoms with Crippen LogP contribution in [0.5, 0.6) is 0 Å². The van der Waals surface area contributed by atoms with E-state index in [0.717, 1.165) is 19.5 Å². The number of aliphatic hydroxyl groups is 1. The molecule has 0 bridgehead atoms. The minimum atomic E-state index is -0.0271. The molecule has 1 aliphatic rings. The van der Waals surface area contributed by atoms with Crippen LogP contribution in [-0.2, 0) is 11.8 Å². The standard InChI is InChI=1S/C9H15N3O2/c1-9(3-4-10-6-9)8-11-7(2-5-13)12-14-8/h10,13H,2-6H2,1H3. The van der Waals surface area contributed by atoms with Gasteiger partial charge in [-0.3, -0.25) is 0 Å². The van der Waals surface area contributed by atoms with Crippen LogP contribution in [0.1, 0.15) is 25.1 Å².